The number of nitrogens with zero attached hydrogens (tertiary/aromatic N) is 5. The zero-order chi connectivity index (χ0) is 27.4. The first kappa shape index (κ1) is 27.7. The van der Waals surface area contributed by atoms with Gasteiger partial charge in [0, 0.05) is 39.6 Å². The van der Waals surface area contributed by atoms with Crippen LogP contribution in [-0.2, 0) is 28.3 Å². The summed E-state index contributed by atoms with van der Waals surface area (Å²) < 4.78 is 35.8. The predicted octanol–water partition coefficient (Wildman–Crippen LogP) is 0.877. The van der Waals surface area contributed by atoms with Gasteiger partial charge in [0.05, 0.1) is 22.8 Å². The number of fused-ring (bicyclic) bond motifs is 1. The number of ether oxygens (including phenoxy) is 1. The van der Waals surface area contributed by atoms with Crippen molar-refractivity contribution in [3.63, 3.8) is 0 Å². The van der Waals surface area contributed by atoms with E-state index in [-0.39, 0.29) is 22.7 Å². The second-order valence-corrected chi connectivity index (χ2v) is 10.9. The standard InChI is InChI=1S/C24H33N7O6S/c1-4-18-21-22(29(3)27-18)24(33)26-23(25-21)17-15-16(8-9-19(17)37-5-2)38(35,36)31-13-11-30(12-14-31)10-6-7-20(32)28-34/h8-9,15,34H,4-7,10-14H2,1-3H3,(H,28,32)(H,25,26,33). The number of sulfonamides is 1. The quantitative estimate of drug-likeness (QED) is 0.247. The van der Waals surface area contributed by atoms with Gasteiger partial charge < -0.3 is 14.6 Å². The van der Waals surface area contributed by atoms with E-state index in [0.717, 1.165) is 0 Å². The summed E-state index contributed by atoms with van der Waals surface area (Å²) in [5.74, 6) is 0.178. The largest absolute Gasteiger partial charge is 0.493 e. The minimum Gasteiger partial charge on any atom is -0.493 e. The van der Waals surface area contributed by atoms with Crippen molar-refractivity contribution in [2.45, 2.75) is 38.0 Å². The van der Waals surface area contributed by atoms with Gasteiger partial charge in [-0.1, -0.05) is 6.92 Å². The molecule has 1 saturated heterocycles. The number of piperazine rings is 1. The van der Waals surface area contributed by atoms with Crippen molar-refractivity contribution in [2.75, 3.05) is 39.3 Å². The van der Waals surface area contributed by atoms with Crippen LogP contribution in [0.2, 0.25) is 0 Å². The number of carbonyl (C=O) groups excluding carboxylic acids is 1. The van der Waals surface area contributed by atoms with Crippen LogP contribution in [0.5, 0.6) is 5.75 Å². The van der Waals surface area contributed by atoms with Crippen molar-refractivity contribution in [2.24, 2.45) is 7.05 Å². The predicted molar refractivity (Wildman–Crippen MR) is 139 cm³/mol. The lowest BCUT2D eigenvalue weighted by Gasteiger charge is -2.34. The van der Waals surface area contributed by atoms with Crippen molar-refractivity contribution in [3.05, 3.63) is 34.2 Å². The number of aromatic nitrogens is 4. The number of hydroxylamine groups is 1. The molecule has 3 heterocycles. The number of benzene rings is 1. The van der Waals surface area contributed by atoms with E-state index in [1.807, 2.05) is 13.8 Å². The molecule has 3 N–H and O–H groups in total. The fourth-order valence-corrected chi connectivity index (χ4v) is 6.06. The van der Waals surface area contributed by atoms with Crippen molar-refractivity contribution >= 4 is 27.0 Å². The van der Waals surface area contributed by atoms with Crippen molar-refractivity contribution in [1.29, 1.82) is 0 Å². The number of aromatic amines is 1. The molecule has 0 atom stereocenters. The van der Waals surface area contributed by atoms with Crippen molar-refractivity contribution in [3.8, 4) is 17.1 Å². The second-order valence-electron chi connectivity index (χ2n) is 9.01. The van der Waals surface area contributed by atoms with Gasteiger partial charge in [-0.05, 0) is 44.5 Å². The normalized spacial score (nSPS) is 15.2. The highest BCUT2D eigenvalue weighted by atomic mass is 32.2. The van der Waals surface area contributed by atoms with E-state index in [0.29, 0.717) is 80.2 Å². The van der Waals surface area contributed by atoms with Gasteiger partial charge in [0.2, 0.25) is 15.9 Å². The summed E-state index contributed by atoms with van der Waals surface area (Å²) in [5, 5.41) is 13.0. The molecule has 0 unspecified atom stereocenters. The summed E-state index contributed by atoms with van der Waals surface area (Å²) in [7, 11) is -2.15. The van der Waals surface area contributed by atoms with E-state index in [2.05, 4.69) is 20.0 Å². The highest BCUT2D eigenvalue weighted by Crippen LogP contribution is 2.32. The fraction of sp³-hybridized carbons (Fsp3) is 0.500. The summed E-state index contributed by atoms with van der Waals surface area (Å²) >= 11 is 0. The van der Waals surface area contributed by atoms with E-state index in [9.17, 15) is 18.0 Å². The number of aryl methyl sites for hydroxylation is 2. The zero-order valence-corrected chi connectivity index (χ0v) is 22.5. The van der Waals surface area contributed by atoms with Crippen LogP contribution in [0.4, 0.5) is 0 Å². The van der Waals surface area contributed by atoms with Gasteiger partial charge in [-0.15, -0.1) is 0 Å². The summed E-state index contributed by atoms with van der Waals surface area (Å²) in [4.78, 5) is 33.7. The maximum Gasteiger partial charge on any atom is 0.277 e. The Balaban J connectivity index is 1.61. The topological polar surface area (TPSA) is 163 Å². The first-order valence-electron chi connectivity index (χ1n) is 12.6. The third-order valence-electron chi connectivity index (χ3n) is 6.58. The van der Waals surface area contributed by atoms with Gasteiger partial charge in [-0.2, -0.15) is 9.40 Å². The molecule has 0 spiro atoms. The van der Waals surface area contributed by atoms with Gasteiger partial charge in [0.25, 0.3) is 5.56 Å². The molecule has 4 rings (SSSR count). The number of nitrogens with one attached hydrogen (secondary N) is 2. The highest BCUT2D eigenvalue weighted by Gasteiger charge is 2.29. The molecule has 14 heteroatoms. The highest BCUT2D eigenvalue weighted by molar-refractivity contribution is 7.89. The van der Waals surface area contributed by atoms with E-state index in [1.54, 1.807) is 18.6 Å². The first-order chi connectivity index (χ1) is 18.2. The number of hydrogen-bond acceptors (Lipinski definition) is 9. The molecule has 2 aromatic heterocycles. The van der Waals surface area contributed by atoms with Crippen molar-refractivity contribution < 1.29 is 23.2 Å². The lowest BCUT2D eigenvalue weighted by atomic mass is 10.1. The summed E-state index contributed by atoms with van der Waals surface area (Å²) in [5.41, 5.74) is 3.11. The summed E-state index contributed by atoms with van der Waals surface area (Å²) in [6.07, 6.45) is 1.35. The minimum atomic E-state index is -3.83. The van der Waals surface area contributed by atoms with Gasteiger partial charge in [-0.25, -0.2) is 18.9 Å². The molecule has 13 nitrogen and oxygen atoms in total. The monoisotopic (exact) mass is 547 g/mol. The van der Waals surface area contributed by atoms with Crippen LogP contribution in [0.25, 0.3) is 22.4 Å². The van der Waals surface area contributed by atoms with Crippen LogP contribution in [0.3, 0.4) is 0 Å². The van der Waals surface area contributed by atoms with Gasteiger partial charge >= 0.3 is 0 Å². The molecule has 38 heavy (non-hydrogen) atoms. The van der Waals surface area contributed by atoms with Crippen LogP contribution in [0.1, 0.15) is 32.4 Å². The average molecular weight is 548 g/mol. The van der Waals surface area contributed by atoms with E-state index >= 15 is 0 Å². The molecule has 1 aliphatic rings. The molecule has 0 aliphatic carbocycles. The SMILES string of the molecule is CCOc1ccc(S(=O)(=O)N2CCN(CCCC(=O)NO)CC2)cc1-c1nc2c(CC)nn(C)c2c(=O)[nH]1. The Bertz CT molecular complexity index is 1480. The van der Waals surface area contributed by atoms with Crippen molar-refractivity contribution in [1.82, 2.24) is 34.4 Å². The van der Waals surface area contributed by atoms with Gasteiger partial charge in [0.15, 0.2) is 5.52 Å². The molecule has 0 saturated carbocycles. The number of rotatable bonds is 10. The van der Waals surface area contributed by atoms with E-state index < -0.39 is 15.9 Å². The van der Waals surface area contributed by atoms with E-state index in [4.69, 9.17) is 9.94 Å². The van der Waals surface area contributed by atoms with Crippen LogP contribution in [0, 0.1) is 0 Å². The Kier molecular flexibility index (Phi) is 8.45. The smallest absolute Gasteiger partial charge is 0.277 e. The molecule has 1 aromatic carbocycles. The Morgan fingerprint density at radius 3 is 2.61 bits per heavy atom. The van der Waals surface area contributed by atoms with Crippen LogP contribution in [-0.4, -0.2) is 87.8 Å². The molecule has 206 valence electrons. The third-order valence-corrected chi connectivity index (χ3v) is 8.47. The molecule has 1 amide bonds. The number of carbonyl (C=O) groups is 1. The maximum atomic E-state index is 13.6. The molecule has 0 radical (unpaired) electrons. The number of hydrogen-bond donors (Lipinski definition) is 3. The zero-order valence-electron chi connectivity index (χ0n) is 21.7. The van der Waals surface area contributed by atoms with E-state index in [1.165, 1.54) is 21.1 Å². The molecule has 1 aliphatic heterocycles. The Morgan fingerprint density at radius 1 is 1.21 bits per heavy atom. The van der Waals surface area contributed by atoms with Gasteiger partial charge in [0.1, 0.15) is 17.1 Å². The maximum absolute atomic E-state index is 13.6. The first-order valence-corrected chi connectivity index (χ1v) is 14.0. The molecule has 0 bridgehead atoms. The molecular formula is C24H33N7O6S. The molecular weight excluding hydrogens is 514 g/mol. The summed E-state index contributed by atoms with van der Waals surface area (Å²) in [6, 6.07) is 4.58. The van der Waals surface area contributed by atoms with Gasteiger partial charge in [-0.3, -0.25) is 19.5 Å². The lowest BCUT2D eigenvalue weighted by molar-refractivity contribution is -0.129. The Hall–Kier alpha value is -3.33. The lowest BCUT2D eigenvalue weighted by Crippen LogP contribution is -2.48. The van der Waals surface area contributed by atoms with Crippen LogP contribution in [0.15, 0.2) is 27.9 Å². The summed E-state index contributed by atoms with van der Waals surface area (Å²) in [6.45, 7) is 6.37. The van der Waals surface area contributed by atoms with Crippen LogP contribution < -0.4 is 15.8 Å². The Labute approximate surface area is 220 Å². The molecule has 1 fully saturated rings. The number of amides is 1. The third kappa shape index (κ3) is 5.57. The average Bonchev–Trinajstić information content (AvgIpc) is 3.24. The minimum absolute atomic E-state index is 0.0775. The Morgan fingerprint density at radius 2 is 1.95 bits per heavy atom. The fourth-order valence-electron chi connectivity index (χ4n) is 4.61. The second kappa shape index (κ2) is 11.6. The van der Waals surface area contributed by atoms with Crippen LogP contribution >= 0.6 is 0 Å². The molecule has 3 aromatic rings. The number of H-pyrrole nitrogens is 1.